The van der Waals surface area contributed by atoms with Gasteiger partial charge in [0.1, 0.15) is 0 Å². The molecule has 0 aliphatic rings. The maximum Gasteiger partial charge on any atom is 2.00 e. The Balaban J connectivity index is 0.000000364. The summed E-state index contributed by atoms with van der Waals surface area (Å²) in [7, 11) is 0. The predicted molar refractivity (Wildman–Crippen MR) is 76.0 cm³/mol. The first-order chi connectivity index (χ1) is 9.40. The van der Waals surface area contributed by atoms with Crippen molar-refractivity contribution in [1.29, 1.82) is 0 Å². The number of carboxylic acid groups (broad SMARTS) is 2. The van der Waals surface area contributed by atoms with Crippen molar-refractivity contribution in [3.63, 3.8) is 0 Å². The molecule has 0 amide bonds. The monoisotopic (exact) mass is 370 g/mol. The van der Waals surface area contributed by atoms with Crippen LogP contribution in [0.1, 0.15) is 20.7 Å². The molecule has 0 radical (unpaired) electrons. The van der Waals surface area contributed by atoms with Crippen molar-refractivity contribution in [3.05, 3.63) is 59.7 Å². The Bertz CT molecular complexity index is 542. The Morgan fingerprint density at radius 3 is 1.10 bits per heavy atom. The fourth-order valence-corrected chi connectivity index (χ4v) is 1.49. The van der Waals surface area contributed by atoms with E-state index in [0.29, 0.717) is 0 Å². The van der Waals surface area contributed by atoms with E-state index < -0.39 is 11.9 Å². The van der Waals surface area contributed by atoms with Gasteiger partial charge in [0.25, 0.3) is 0 Å². The summed E-state index contributed by atoms with van der Waals surface area (Å²) in [5.74, 6) is -2.32. The minimum atomic E-state index is -1.16. The number of aromatic carboxylic acids is 2. The molecule has 0 aliphatic heterocycles. The van der Waals surface area contributed by atoms with Crippen molar-refractivity contribution in [2.45, 2.75) is 9.79 Å². The SMILES string of the molecule is O=C([O-])c1ccc(S)cc1.O=C([O-])c1ccc(S)cc1.[Zn+2]. The van der Waals surface area contributed by atoms with Gasteiger partial charge in [0.05, 0.1) is 11.9 Å². The molecular weight excluding hydrogens is 362 g/mol. The molecule has 0 unspecified atom stereocenters. The second-order valence-electron chi connectivity index (χ2n) is 3.67. The largest absolute Gasteiger partial charge is 2.00 e. The average Bonchev–Trinajstić information content (AvgIpc) is 2.40. The van der Waals surface area contributed by atoms with Crippen molar-refractivity contribution < 1.29 is 39.3 Å². The first-order valence-corrected chi connectivity index (χ1v) is 6.30. The van der Waals surface area contributed by atoms with Crippen LogP contribution in [-0.2, 0) is 19.5 Å². The topological polar surface area (TPSA) is 80.3 Å². The van der Waals surface area contributed by atoms with Gasteiger partial charge in [-0.2, -0.15) is 0 Å². The summed E-state index contributed by atoms with van der Waals surface area (Å²) in [6.45, 7) is 0. The molecule has 2 rings (SSSR count). The first kappa shape index (κ1) is 19.7. The number of hydrogen-bond acceptors (Lipinski definition) is 6. The molecule has 0 aromatic heterocycles. The minimum absolute atomic E-state index is 0. The van der Waals surface area contributed by atoms with Crippen molar-refractivity contribution >= 4 is 37.2 Å². The number of carboxylic acids is 2. The molecular formula is C14H10O4S2Zn. The normalized spacial score (nSPS) is 8.86. The van der Waals surface area contributed by atoms with E-state index in [2.05, 4.69) is 25.3 Å². The third-order valence-corrected chi connectivity index (χ3v) is 2.80. The molecule has 0 saturated carbocycles. The van der Waals surface area contributed by atoms with Crippen LogP contribution in [-0.4, -0.2) is 11.9 Å². The van der Waals surface area contributed by atoms with Gasteiger partial charge in [0.15, 0.2) is 0 Å². The Morgan fingerprint density at radius 2 is 0.905 bits per heavy atom. The van der Waals surface area contributed by atoms with E-state index >= 15 is 0 Å². The summed E-state index contributed by atoms with van der Waals surface area (Å²) in [5.41, 5.74) is 0.357. The fraction of sp³-hybridized carbons (Fsp3) is 0. The van der Waals surface area contributed by atoms with Crippen LogP contribution in [0, 0.1) is 0 Å². The maximum atomic E-state index is 10.2. The zero-order valence-electron chi connectivity index (χ0n) is 10.9. The van der Waals surface area contributed by atoms with Crippen LogP contribution in [0.25, 0.3) is 0 Å². The molecule has 0 atom stereocenters. The van der Waals surface area contributed by atoms with Crippen LogP contribution in [0.4, 0.5) is 0 Å². The molecule has 0 heterocycles. The van der Waals surface area contributed by atoms with Crippen LogP contribution in [0.15, 0.2) is 58.3 Å². The van der Waals surface area contributed by atoms with E-state index in [1.165, 1.54) is 24.3 Å². The molecule has 2 aromatic rings. The summed E-state index contributed by atoms with van der Waals surface area (Å²) in [6, 6.07) is 12.2. The fourth-order valence-electron chi connectivity index (χ4n) is 1.20. The van der Waals surface area contributed by atoms with Gasteiger partial charge < -0.3 is 19.8 Å². The van der Waals surface area contributed by atoms with Crippen LogP contribution in [0.3, 0.4) is 0 Å². The zero-order chi connectivity index (χ0) is 15.1. The van der Waals surface area contributed by atoms with E-state index in [4.69, 9.17) is 0 Å². The van der Waals surface area contributed by atoms with Crippen molar-refractivity contribution in [3.8, 4) is 0 Å². The molecule has 4 nitrogen and oxygen atoms in total. The first-order valence-electron chi connectivity index (χ1n) is 5.41. The molecule has 2 aromatic carbocycles. The third kappa shape index (κ3) is 7.32. The Morgan fingerprint density at radius 1 is 0.667 bits per heavy atom. The minimum Gasteiger partial charge on any atom is -0.545 e. The van der Waals surface area contributed by atoms with E-state index in [9.17, 15) is 19.8 Å². The van der Waals surface area contributed by atoms with Crippen molar-refractivity contribution in [1.82, 2.24) is 0 Å². The number of hydrogen-bond donors (Lipinski definition) is 2. The summed E-state index contributed by atoms with van der Waals surface area (Å²) < 4.78 is 0. The van der Waals surface area contributed by atoms with E-state index in [1.807, 2.05) is 0 Å². The van der Waals surface area contributed by atoms with Gasteiger partial charge >= 0.3 is 19.5 Å². The van der Waals surface area contributed by atoms with Crippen molar-refractivity contribution in [2.24, 2.45) is 0 Å². The molecule has 21 heavy (non-hydrogen) atoms. The van der Waals surface area contributed by atoms with Crippen LogP contribution >= 0.6 is 25.3 Å². The Labute approximate surface area is 145 Å². The molecule has 7 heteroatoms. The van der Waals surface area contributed by atoms with Gasteiger partial charge in [-0.15, -0.1) is 25.3 Å². The molecule has 0 bridgehead atoms. The molecule has 0 fully saturated rings. The number of thiol groups is 2. The van der Waals surface area contributed by atoms with Gasteiger partial charge in [0, 0.05) is 9.79 Å². The van der Waals surface area contributed by atoms with Crippen molar-refractivity contribution in [2.75, 3.05) is 0 Å². The van der Waals surface area contributed by atoms with Gasteiger partial charge in [-0.3, -0.25) is 0 Å². The predicted octanol–water partition coefficient (Wildman–Crippen LogP) is 0.675. The number of carbonyl (C=O) groups excluding carboxylic acids is 2. The van der Waals surface area contributed by atoms with E-state index in [-0.39, 0.29) is 30.6 Å². The van der Waals surface area contributed by atoms with E-state index in [1.54, 1.807) is 24.3 Å². The van der Waals surface area contributed by atoms with Crippen LogP contribution in [0.5, 0.6) is 0 Å². The smallest absolute Gasteiger partial charge is 0.545 e. The van der Waals surface area contributed by atoms with Crippen LogP contribution < -0.4 is 10.2 Å². The average molecular weight is 372 g/mol. The maximum absolute atomic E-state index is 10.2. The number of carbonyl (C=O) groups is 2. The molecule has 104 valence electrons. The van der Waals surface area contributed by atoms with Gasteiger partial charge in [-0.25, -0.2) is 0 Å². The summed E-state index contributed by atoms with van der Waals surface area (Å²) in [4.78, 5) is 21.8. The Hall–Kier alpha value is -1.30. The second-order valence-corrected chi connectivity index (χ2v) is 4.70. The zero-order valence-corrected chi connectivity index (χ0v) is 15.6. The standard InChI is InChI=1S/2C7H6O2S.Zn/c2*8-7(9)5-1-3-6(10)4-2-5;/h2*1-4,10H,(H,8,9);/q;;+2/p-2. The van der Waals surface area contributed by atoms with Gasteiger partial charge in [0.2, 0.25) is 0 Å². The van der Waals surface area contributed by atoms with Gasteiger partial charge in [-0.05, 0) is 35.4 Å². The van der Waals surface area contributed by atoms with Gasteiger partial charge in [-0.1, -0.05) is 24.3 Å². The molecule has 0 aliphatic carbocycles. The molecule has 0 saturated heterocycles. The third-order valence-electron chi connectivity index (χ3n) is 2.21. The second kappa shape index (κ2) is 9.61. The summed E-state index contributed by atoms with van der Waals surface area (Å²) in [6.07, 6.45) is 0. The summed E-state index contributed by atoms with van der Waals surface area (Å²) in [5, 5.41) is 20.4. The Kier molecular flexibility index (Phi) is 9.01. The quantitative estimate of drug-likeness (QED) is 0.601. The number of benzene rings is 2. The number of rotatable bonds is 2. The molecule has 0 spiro atoms. The van der Waals surface area contributed by atoms with E-state index in [0.717, 1.165) is 9.79 Å². The summed E-state index contributed by atoms with van der Waals surface area (Å²) >= 11 is 7.97. The molecule has 0 N–H and O–H groups in total. The van der Waals surface area contributed by atoms with Crippen LogP contribution in [0.2, 0.25) is 0 Å².